The third kappa shape index (κ3) is 7.70. The lowest BCUT2D eigenvalue weighted by Crippen LogP contribution is -2.37. The zero-order chi connectivity index (χ0) is 28.5. The number of benzene rings is 4. The van der Waals surface area contributed by atoms with Gasteiger partial charge in [0.2, 0.25) is 15.9 Å². The first kappa shape index (κ1) is 28.4. The number of sulfonamides is 1. The van der Waals surface area contributed by atoms with Crippen LogP contribution < -0.4 is 19.7 Å². The zero-order valence-corrected chi connectivity index (χ0v) is 23.1. The first-order valence-corrected chi connectivity index (χ1v) is 14.5. The number of para-hydroxylation sites is 1. The predicted octanol–water partition coefficient (Wildman–Crippen LogP) is 5.16. The molecule has 4 aromatic carbocycles. The fourth-order valence-electron chi connectivity index (χ4n) is 4.06. The smallest absolute Gasteiger partial charge is 0.253 e. The molecule has 1 atom stereocenters. The fraction of sp³-hybridized carbons (Fsp3) is 0.161. The molecule has 0 spiro atoms. The van der Waals surface area contributed by atoms with Crippen molar-refractivity contribution in [2.24, 2.45) is 0 Å². The van der Waals surface area contributed by atoms with Crippen LogP contribution in [0.15, 0.2) is 109 Å². The van der Waals surface area contributed by atoms with Gasteiger partial charge in [0.15, 0.2) is 0 Å². The highest BCUT2D eigenvalue weighted by molar-refractivity contribution is 7.92. The van der Waals surface area contributed by atoms with Gasteiger partial charge in [0.25, 0.3) is 5.91 Å². The SMILES string of the molecule is CC(NC(=O)c1ccccc1NC(=O)CN(c1ccc(OCc2ccccc2)cc1)S(C)(=O)=O)c1ccccc1. The fourth-order valence-corrected chi connectivity index (χ4v) is 4.92. The standard InChI is InChI=1S/C31H31N3O5S/c1-23(25-13-7-4-8-14-25)32-31(36)28-15-9-10-16-29(28)33-30(35)21-34(40(2,37)38)26-17-19-27(20-18-26)39-22-24-11-5-3-6-12-24/h3-20,23H,21-22H2,1-2H3,(H,32,36)(H,33,35). The summed E-state index contributed by atoms with van der Waals surface area (Å²) in [5.41, 5.74) is 2.81. The molecule has 0 fully saturated rings. The van der Waals surface area contributed by atoms with Crippen molar-refractivity contribution < 1.29 is 22.7 Å². The molecule has 2 N–H and O–H groups in total. The van der Waals surface area contributed by atoms with Gasteiger partial charge in [0.1, 0.15) is 18.9 Å². The number of ether oxygens (including phenoxy) is 1. The van der Waals surface area contributed by atoms with Gasteiger partial charge in [-0.3, -0.25) is 13.9 Å². The molecule has 8 nitrogen and oxygen atoms in total. The summed E-state index contributed by atoms with van der Waals surface area (Å²) < 4.78 is 32.0. The molecule has 0 aromatic heterocycles. The third-order valence-electron chi connectivity index (χ3n) is 6.15. The summed E-state index contributed by atoms with van der Waals surface area (Å²) in [5.74, 6) is -0.389. The second kappa shape index (κ2) is 12.9. The molecule has 0 aliphatic heterocycles. The molecule has 40 heavy (non-hydrogen) atoms. The number of carbonyl (C=O) groups excluding carboxylic acids is 2. The van der Waals surface area contributed by atoms with Crippen LogP contribution in [0, 0.1) is 0 Å². The molecule has 0 saturated carbocycles. The van der Waals surface area contributed by atoms with Crippen molar-refractivity contribution in [3.63, 3.8) is 0 Å². The molecular formula is C31H31N3O5S. The molecule has 0 radical (unpaired) electrons. The van der Waals surface area contributed by atoms with Gasteiger partial charge in [-0.25, -0.2) is 8.42 Å². The van der Waals surface area contributed by atoms with E-state index >= 15 is 0 Å². The van der Waals surface area contributed by atoms with E-state index in [4.69, 9.17) is 4.74 Å². The van der Waals surface area contributed by atoms with Gasteiger partial charge in [-0.15, -0.1) is 0 Å². The highest BCUT2D eigenvalue weighted by Gasteiger charge is 2.22. The van der Waals surface area contributed by atoms with Gasteiger partial charge < -0.3 is 15.4 Å². The largest absolute Gasteiger partial charge is 0.489 e. The Balaban J connectivity index is 1.43. The van der Waals surface area contributed by atoms with E-state index in [0.717, 1.165) is 21.7 Å². The normalized spacial score (nSPS) is 11.8. The highest BCUT2D eigenvalue weighted by Crippen LogP contribution is 2.23. The Bertz CT molecular complexity index is 1540. The molecule has 0 saturated heterocycles. The first-order valence-electron chi connectivity index (χ1n) is 12.7. The van der Waals surface area contributed by atoms with E-state index in [1.165, 1.54) is 0 Å². The Morgan fingerprint density at radius 1 is 0.825 bits per heavy atom. The molecule has 1 unspecified atom stereocenters. The lowest BCUT2D eigenvalue weighted by molar-refractivity contribution is -0.114. The van der Waals surface area contributed by atoms with E-state index in [0.29, 0.717) is 18.0 Å². The minimum atomic E-state index is -3.79. The molecule has 2 amide bonds. The minimum absolute atomic E-state index is 0.252. The van der Waals surface area contributed by atoms with Gasteiger partial charge in [-0.05, 0) is 54.4 Å². The number of rotatable bonds is 11. The quantitative estimate of drug-likeness (QED) is 0.265. The summed E-state index contributed by atoms with van der Waals surface area (Å²) in [6.45, 7) is 1.77. The number of hydrogen-bond donors (Lipinski definition) is 2. The van der Waals surface area contributed by atoms with Crippen molar-refractivity contribution in [2.75, 3.05) is 22.4 Å². The number of carbonyl (C=O) groups is 2. The Morgan fingerprint density at radius 2 is 1.43 bits per heavy atom. The number of anilines is 2. The Hall–Kier alpha value is -4.63. The zero-order valence-electron chi connectivity index (χ0n) is 22.3. The van der Waals surface area contributed by atoms with E-state index in [9.17, 15) is 18.0 Å². The van der Waals surface area contributed by atoms with Crippen molar-refractivity contribution in [3.05, 3.63) is 126 Å². The van der Waals surface area contributed by atoms with Crippen molar-refractivity contribution in [2.45, 2.75) is 19.6 Å². The third-order valence-corrected chi connectivity index (χ3v) is 7.29. The topological polar surface area (TPSA) is 105 Å². The summed E-state index contributed by atoms with van der Waals surface area (Å²) in [6.07, 6.45) is 1.03. The molecule has 0 heterocycles. The van der Waals surface area contributed by atoms with Crippen LogP contribution in [0.1, 0.15) is 34.5 Å². The van der Waals surface area contributed by atoms with Crippen LogP contribution >= 0.6 is 0 Å². The van der Waals surface area contributed by atoms with Gasteiger partial charge in [-0.2, -0.15) is 0 Å². The number of nitrogens with one attached hydrogen (secondary N) is 2. The maximum Gasteiger partial charge on any atom is 0.253 e. The maximum atomic E-state index is 13.0. The minimum Gasteiger partial charge on any atom is -0.489 e. The van der Waals surface area contributed by atoms with Crippen LogP contribution in [0.25, 0.3) is 0 Å². The second-order valence-electron chi connectivity index (χ2n) is 9.24. The number of hydrogen-bond acceptors (Lipinski definition) is 5. The monoisotopic (exact) mass is 557 g/mol. The van der Waals surface area contributed by atoms with Crippen LogP contribution in [0.5, 0.6) is 5.75 Å². The molecule has 4 rings (SSSR count). The van der Waals surface area contributed by atoms with E-state index in [2.05, 4.69) is 10.6 Å². The average molecular weight is 558 g/mol. The van der Waals surface area contributed by atoms with Gasteiger partial charge in [0, 0.05) is 0 Å². The van der Waals surface area contributed by atoms with Crippen LogP contribution in [-0.2, 0) is 21.4 Å². The lowest BCUT2D eigenvalue weighted by atomic mass is 10.1. The summed E-state index contributed by atoms with van der Waals surface area (Å²) in [7, 11) is -3.79. The van der Waals surface area contributed by atoms with Gasteiger partial charge in [-0.1, -0.05) is 72.8 Å². The predicted molar refractivity (Wildman–Crippen MR) is 157 cm³/mol. The van der Waals surface area contributed by atoms with Crippen molar-refractivity contribution in [3.8, 4) is 5.75 Å². The van der Waals surface area contributed by atoms with E-state index in [1.54, 1.807) is 48.5 Å². The Labute approximate surface area is 234 Å². The lowest BCUT2D eigenvalue weighted by Gasteiger charge is -2.22. The molecule has 206 valence electrons. The average Bonchev–Trinajstić information content (AvgIpc) is 2.96. The van der Waals surface area contributed by atoms with Crippen LogP contribution in [-0.4, -0.2) is 33.0 Å². The Morgan fingerprint density at radius 3 is 2.08 bits per heavy atom. The molecule has 0 aliphatic rings. The summed E-state index contributed by atoms with van der Waals surface area (Å²) in [6, 6.07) is 32.0. The highest BCUT2D eigenvalue weighted by atomic mass is 32.2. The van der Waals surface area contributed by atoms with Crippen LogP contribution in [0.3, 0.4) is 0 Å². The number of nitrogens with zero attached hydrogens (tertiary/aromatic N) is 1. The second-order valence-corrected chi connectivity index (χ2v) is 11.1. The van der Waals surface area contributed by atoms with Gasteiger partial charge in [0.05, 0.1) is 29.2 Å². The molecule has 0 bridgehead atoms. The molecular weight excluding hydrogens is 526 g/mol. The molecule has 9 heteroatoms. The summed E-state index contributed by atoms with van der Waals surface area (Å²) >= 11 is 0. The van der Waals surface area contributed by atoms with E-state index < -0.39 is 22.5 Å². The van der Waals surface area contributed by atoms with Gasteiger partial charge >= 0.3 is 0 Å². The first-order chi connectivity index (χ1) is 19.2. The van der Waals surface area contributed by atoms with E-state index in [-0.39, 0.29) is 23.2 Å². The summed E-state index contributed by atoms with van der Waals surface area (Å²) in [5, 5.41) is 5.63. The Kier molecular flexibility index (Phi) is 9.19. The molecule has 4 aromatic rings. The van der Waals surface area contributed by atoms with E-state index in [1.807, 2.05) is 67.6 Å². The summed E-state index contributed by atoms with van der Waals surface area (Å²) in [4.78, 5) is 26.0. The van der Waals surface area contributed by atoms with Crippen LogP contribution in [0.2, 0.25) is 0 Å². The van der Waals surface area contributed by atoms with Crippen molar-refractivity contribution in [1.82, 2.24) is 5.32 Å². The van der Waals surface area contributed by atoms with Crippen molar-refractivity contribution in [1.29, 1.82) is 0 Å². The molecule has 0 aliphatic carbocycles. The maximum absolute atomic E-state index is 13.0. The van der Waals surface area contributed by atoms with Crippen LogP contribution in [0.4, 0.5) is 11.4 Å². The number of amides is 2. The van der Waals surface area contributed by atoms with Crippen molar-refractivity contribution >= 4 is 33.2 Å².